The molecule has 0 aliphatic rings. The molecule has 1 aromatic rings. The van der Waals surface area contributed by atoms with E-state index in [0.29, 0.717) is 0 Å². The Labute approximate surface area is 84.7 Å². The maximum atomic E-state index is 5.30. The second-order valence-electron chi connectivity index (χ2n) is 3.55. The highest BCUT2D eigenvalue weighted by Gasteiger charge is 2.21. The first-order chi connectivity index (χ1) is 6.60. The Bertz CT molecular complexity index is 282. The first kappa shape index (κ1) is 10.9. The van der Waals surface area contributed by atoms with Gasteiger partial charge < -0.3 is 10.1 Å². The van der Waals surface area contributed by atoms with Crippen LogP contribution in [0, 0.1) is 0 Å². The number of anilines is 1. The summed E-state index contributed by atoms with van der Waals surface area (Å²) in [6, 6.07) is 3.83. The average Bonchev–Trinajstić information content (AvgIpc) is 2.19. The van der Waals surface area contributed by atoms with Crippen LogP contribution < -0.4 is 5.32 Å². The van der Waals surface area contributed by atoms with Crippen LogP contribution in [-0.2, 0) is 10.3 Å². The molecule has 0 aliphatic carbocycles. The number of aromatic nitrogens is 2. The Morgan fingerprint density at radius 1 is 1.36 bits per heavy atom. The van der Waals surface area contributed by atoms with Crippen LogP contribution in [0.25, 0.3) is 0 Å². The van der Waals surface area contributed by atoms with Crippen molar-refractivity contribution in [1.82, 2.24) is 10.2 Å². The first-order valence-electron chi connectivity index (χ1n) is 4.73. The maximum Gasteiger partial charge on any atom is 0.148 e. The molecule has 1 heterocycles. The fraction of sp³-hybridized carbons (Fsp3) is 0.600. The molecule has 0 unspecified atom stereocenters. The second kappa shape index (κ2) is 4.37. The van der Waals surface area contributed by atoms with Gasteiger partial charge in [-0.2, -0.15) is 5.10 Å². The van der Waals surface area contributed by atoms with Gasteiger partial charge >= 0.3 is 0 Å². The molecule has 4 nitrogen and oxygen atoms in total. The van der Waals surface area contributed by atoms with Crippen LogP contribution in [0.4, 0.5) is 5.82 Å². The summed E-state index contributed by atoms with van der Waals surface area (Å²) < 4.78 is 5.30. The van der Waals surface area contributed by atoms with Gasteiger partial charge in [0.2, 0.25) is 0 Å². The van der Waals surface area contributed by atoms with Crippen molar-refractivity contribution in [3.05, 3.63) is 17.8 Å². The molecule has 0 atom stereocenters. The van der Waals surface area contributed by atoms with Gasteiger partial charge in [-0.05, 0) is 32.9 Å². The number of hydrogen-bond donors (Lipinski definition) is 1. The number of ether oxygens (including phenoxy) is 1. The fourth-order valence-electron chi connectivity index (χ4n) is 1.03. The summed E-state index contributed by atoms with van der Waals surface area (Å²) in [5.41, 5.74) is 0.458. The molecular formula is C10H17N3O. The van der Waals surface area contributed by atoms with E-state index < -0.39 is 0 Å². The lowest BCUT2D eigenvalue weighted by Gasteiger charge is -2.21. The fourth-order valence-corrected chi connectivity index (χ4v) is 1.03. The monoisotopic (exact) mass is 195 g/mol. The Kier molecular flexibility index (Phi) is 3.41. The van der Waals surface area contributed by atoms with E-state index in [0.717, 1.165) is 18.1 Å². The van der Waals surface area contributed by atoms with Crippen molar-refractivity contribution >= 4 is 5.82 Å². The quantitative estimate of drug-likeness (QED) is 0.795. The zero-order valence-electron chi connectivity index (χ0n) is 9.16. The lowest BCUT2D eigenvalue weighted by Crippen LogP contribution is -2.21. The molecule has 1 N–H and O–H groups in total. The smallest absolute Gasteiger partial charge is 0.148 e. The van der Waals surface area contributed by atoms with Gasteiger partial charge in [0.05, 0.1) is 5.69 Å². The molecule has 0 saturated carbocycles. The zero-order chi connectivity index (χ0) is 10.6. The van der Waals surface area contributed by atoms with Crippen molar-refractivity contribution in [1.29, 1.82) is 0 Å². The van der Waals surface area contributed by atoms with E-state index >= 15 is 0 Å². The van der Waals surface area contributed by atoms with Gasteiger partial charge in [-0.15, -0.1) is 5.10 Å². The molecule has 14 heavy (non-hydrogen) atoms. The van der Waals surface area contributed by atoms with Crippen LogP contribution in [0.1, 0.15) is 26.5 Å². The van der Waals surface area contributed by atoms with E-state index in [1.165, 1.54) is 0 Å². The second-order valence-corrected chi connectivity index (χ2v) is 3.55. The van der Waals surface area contributed by atoms with Gasteiger partial charge in [0.1, 0.15) is 11.4 Å². The van der Waals surface area contributed by atoms with E-state index in [4.69, 9.17) is 4.74 Å². The molecule has 78 valence electrons. The Morgan fingerprint density at radius 3 is 2.50 bits per heavy atom. The van der Waals surface area contributed by atoms with Gasteiger partial charge in [-0.1, -0.05) is 0 Å². The van der Waals surface area contributed by atoms with Crippen LogP contribution in [0.2, 0.25) is 0 Å². The van der Waals surface area contributed by atoms with Crippen molar-refractivity contribution in [2.45, 2.75) is 26.4 Å². The van der Waals surface area contributed by atoms with Crippen molar-refractivity contribution in [3.8, 4) is 0 Å². The normalized spacial score (nSPS) is 11.4. The molecule has 4 heteroatoms. The minimum Gasteiger partial charge on any atom is -0.372 e. The largest absolute Gasteiger partial charge is 0.372 e. The van der Waals surface area contributed by atoms with E-state index in [1.807, 2.05) is 32.9 Å². The zero-order valence-corrected chi connectivity index (χ0v) is 9.16. The number of nitrogens with one attached hydrogen (secondary N) is 1. The van der Waals surface area contributed by atoms with Gasteiger partial charge in [0, 0.05) is 13.7 Å². The third kappa shape index (κ3) is 2.42. The third-order valence-corrected chi connectivity index (χ3v) is 2.15. The number of methoxy groups -OCH3 is 1. The van der Waals surface area contributed by atoms with Crippen LogP contribution in [0.3, 0.4) is 0 Å². The Hall–Kier alpha value is -1.16. The summed E-state index contributed by atoms with van der Waals surface area (Å²) in [5, 5.41) is 11.2. The van der Waals surface area contributed by atoms with Gasteiger partial charge in [-0.3, -0.25) is 0 Å². The van der Waals surface area contributed by atoms with Crippen LogP contribution in [0.5, 0.6) is 0 Å². The lowest BCUT2D eigenvalue weighted by molar-refractivity contribution is 0.0148. The molecule has 0 aromatic carbocycles. The van der Waals surface area contributed by atoms with Gasteiger partial charge in [-0.25, -0.2) is 0 Å². The van der Waals surface area contributed by atoms with Crippen molar-refractivity contribution in [2.24, 2.45) is 0 Å². The maximum absolute atomic E-state index is 5.30. The molecule has 1 rings (SSSR count). The van der Waals surface area contributed by atoms with Gasteiger partial charge in [0.15, 0.2) is 0 Å². The molecule has 0 fully saturated rings. The van der Waals surface area contributed by atoms with Crippen molar-refractivity contribution < 1.29 is 4.74 Å². The third-order valence-electron chi connectivity index (χ3n) is 2.15. The minimum absolute atomic E-state index is 0.377. The summed E-state index contributed by atoms with van der Waals surface area (Å²) in [6.07, 6.45) is 0. The highest BCUT2D eigenvalue weighted by atomic mass is 16.5. The predicted molar refractivity (Wildman–Crippen MR) is 56.2 cm³/mol. The highest BCUT2D eigenvalue weighted by molar-refractivity contribution is 5.33. The van der Waals surface area contributed by atoms with Crippen molar-refractivity contribution in [3.63, 3.8) is 0 Å². The summed E-state index contributed by atoms with van der Waals surface area (Å²) in [4.78, 5) is 0. The summed E-state index contributed by atoms with van der Waals surface area (Å²) in [7, 11) is 1.67. The number of rotatable bonds is 4. The predicted octanol–water partition coefficient (Wildman–Crippen LogP) is 1.79. The van der Waals surface area contributed by atoms with Crippen LogP contribution in [0.15, 0.2) is 12.1 Å². The lowest BCUT2D eigenvalue weighted by atomic mass is 10.1. The standard InChI is InChI=1S/C10H17N3O/c1-5-11-9-7-6-8(12-13-9)10(2,3)14-4/h6-7H,5H2,1-4H3,(H,11,13). The van der Waals surface area contributed by atoms with E-state index in [9.17, 15) is 0 Å². The molecule has 1 aromatic heterocycles. The van der Waals surface area contributed by atoms with E-state index in [2.05, 4.69) is 15.5 Å². The molecule has 0 saturated heterocycles. The van der Waals surface area contributed by atoms with E-state index in [1.54, 1.807) is 7.11 Å². The summed E-state index contributed by atoms with van der Waals surface area (Å²) >= 11 is 0. The molecule has 0 spiro atoms. The average molecular weight is 195 g/mol. The minimum atomic E-state index is -0.377. The first-order valence-corrected chi connectivity index (χ1v) is 4.73. The number of hydrogen-bond acceptors (Lipinski definition) is 4. The molecule has 0 bridgehead atoms. The number of nitrogens with zero attached hydrogens (tertiary/aromatic N) is 2. The van der Waals surface area contributed by atoms with Crippen LogP contribution in [-0.4, -0.2) is 23.9 Å². The summed E-state index contributed by atoms with van der Waals surface area (Å²) in [5.74, 6) is 0.795. The SMILES string of the molecule is CCNc1ccc(C(C)(C)OC)nn1. The topological polar surface area (TPSA) is 47.0 Å². The molecule has 0 radical (unpaired) electrons. The molecule has 0 aliphatic heterocycles. The summed E-state index contributed by atoms with van der Waals surface area (Å²) in [6.45, 7) is 6.80. The van der Waals surface area contributed by atoms with E-state index in [-0.39, 0.29) is 5.60 Å². The Balaban J connectivity index is 2.82. The molecule has 0 amide bonds. The van der Waals surface area contributed by atoms with Crippen molar-refractivity contribution in [2.75, 3.05) is 19.0 Å². The Morgan fingerprint density at radius 2 is 2.07 bits per heavy atom. The van der Waals surface area contributed by atoms with Crippen LogP contribution >= 0.6 is 0 Å². The highest BCUT2D eigenvalue weighted by Crippen LogP contribution is 2.21. The van der Waals surface area contributed by atoms with Gasteiger partial charge in [0.25, 0.3) is 0 Å². The molecular weight excluding hydrogens is 178 g/mol.